The molecule has 150 valence electrons. The lowest BCUT2D eigenvalue weighted by Gasteiger charge is -2.36. The Hall–Kier alpha value is -2.65. The van der Waals surface area contributed by atoms with Crippen molar-refractivity contribution in [1.82, 2.24) is 0 Å². The molecule has 2 aromatic carbocycles. The number of anilines is 1. The first-order valence-electron chi connectivity index (χ1n) is 8.31. The predicted octanol–water partition coefficient (Wildman–Crippen LogP) is 4.41. The van der Waals surface area contributed by atoms with E-state index in [1.807, 2.05) is 0 Å². The molecule has 0 saturated carbocycles. The molecule has 1 amide bonds. The van der Waals surface area contributed by atoms with E-state index >= 15 is 0 Å². The Kier molecular flexibility index (Phi) is 5.57. The summed E-state index contributed by atoms with van der Waals surface area (Å²) in [6, 6.07) is 10.8. The van der Waals surface area contributed by atoms with Crippen LogP contribution in [0.25, 0.3) is 0 Å². The molecule has 0 aliphatic carbocycles. The lowest BCUT2D eigenvalue weighted by atomic mass is 9.90. The molecular formula is C19H17F4NO4. The van der Waals surface area contributed by atoms with Crippen LogP contribution in [0.5, 0.6) is 5.75 Å². The van der Waals surface area contributed by atoms with Crippen molar-refractivity contribution < 1.29 is 36.6 Å². The van der Waals surface area contributed by atoms with Crippen molar-refractivity contribution >= 4 is 11.6 Å². The third-order valence-corrected chi connectivity index (χ3v) is 4.16. The highest BCUT2D eigenvalue weighted by atomic mass is 19.4. The van der Waals surface area contributed by atoms with Crippen molar-refractivity contribution in [2.24, 2.45) is 5.41 Å². The van der Waals surface area contributed by atoms with Gasteiger partial charge >= 0.3 is 6.36 Å². The van der Waals surface area contributed by atoms with Gasteiger partial charge in [-0.25, -0.2) is 4.39 Å². The zero-order valence-electron chi connectivity index (χ0n) is 14.8. The van der Waals surface area contributed by atoms with Crippen LogP contribution in [0.15, 0.2) is 48.5 Å². The lowest BCUT2D eigenvalue weighted by molar-refractivity contribution is -0.274. The van der Waals surface area contributed by atoms with Crippen LogP contribution in [0.1, 0.15) is 18.8 Å². The van der Waals surface area contributed by atoms with E-state index in [4.69, 9.17) is 9.47 Å². The molecule has 1 aliphatic rings. The second-order valence-electron chi connectivity index (χ2n) is 6.56. The smallest absolute Gasteiger partial charge is 0.406 e. The van der Waals surface area contributed by atoms with Gasteiger partial charge in [-0.1, -0.05) is 18.2 Å². The van der Waals surface area contributed by atoms with Crippen molar-refractivity contribution in [2.75, 3.05) is 18.5 Å². The zero-order chi connectivity index (χ0) is 20.4. The molecule has 0 atom stereocenters. The molecular weight excluding hydrogens is 382 g/mol. The second-order valence-corrected chi connectivity index (χ2v) is 6.56. The molecule has 1 saturated heterocycles. The minimum absolute atomic E-state index is 0.0207. The van der Waals surface area contributed by atoms with Crippen LogP contribution < -0.4 is 10.1 Å². The van der Waals surface area contributed by atoms with E-state index in [1.54, 1.807) is 19.1 Å². The summed E-state index contributed by atoms with van der Waals surface area (Å²) in [5.41, 5.74) is -0.523. The van der Waals surface area contributed by atoms with Crippen molar-refractivity contribution in [1.29, 1.82) is 0 Å². The largest absolute Gasteiger partial charge is 0.573 e. The quantitative estimate of drug-likeness (QED) is 0.774. The van der Waals surface area contributed by atoms with E-state index in [0.29, 0.717) is 0 Å². The summed E-state index contributed by atoms with van der Waals surface area (Å²) in [6.07, 6.45) is -5.70. The second kappa shape index (κ2) is 7.76. The third kappa shape index (κ3) is 4.79. The number of alkyl halides is 3. The summed E-state index contributed by atoms with van der Waals surface area (Å²) in [4.78, 5) is 12.6. The van der Waals surface area contributed by atoms with Crippen molar-refractivity contribution in [3.63, 3.8) is 0 Å². The Balaban J connectivity index is 1.60. The van der Waals surface area contributed by atoms with Crippen LogP contribution in [0.2, 0.25) is 0 Å². The maximum Gasteiger partial charge on any atom is 0.573 e. The van der Waals surface area contributed by atoms with Gasteiger partial charge in [0.15, 0.2) is 6.29 Å². The fourth-order valence-electron chi connectivity index (χ4n) is 2.61. The van der Waals surface area contributed by atoms with E-state index < -0.39 is 35.5 Å². The minimum atomic E-state index is -4.79. The molecule has 0 aromatic heterocycles. The summed E-state index contributed by atoms with van der Waals surface area (Å²) in [6.45, 7) is 1.57. The average molecular weight is 399 g/mol. The van der Waals surface area contributed by atoms with Gasteiger partial charge in [-0.2, -0.15) is 0 Å². The molecule has 0 spiro atoms. The van der Waals surface area contributed by atoms with Crippen molar-refractivity contribution in [2.45, 2.75) is 19.6 Å². The molecule has 9 heteroatoms. The van der Waals surface area contributed by atoms with Gasteiger partial charge in [0.2, 0.25) is 5.91 Å². The van der Waals surface area contributed by atoms with E-state index in [0.717, 1.165) is 12.1 Å². The number of benzene rings is 2. The molecule has 1 N–H and O–H groups in total. The summed E-state index contributed by atoms with van der Waals surface area (Å²) in [7, 11) is 0. The molecule has 0 unspecified atom stereocenters. The highest BCUT2D eigenvalue weighted by Gasteiger charge is 2.40. The van der Waals surface area contributed by atoms with Crippen LogP contribution in [0, 0.1) is 11.2 Å². The molecule has 3 rings (SSSR count). The van der Waals surface area contributed by atoms with Crippen LogP contribution in [-0.2, 0) is 14.3 Å². The number of hydrogen-bond donors (Lipinski definition) is 1. The van der Waals surface area contributed by atoms with Crippen LogP contribution in [0.4, 0.5) is 23.2 Å². The number of nitrogens with one attached hydrogen (secondary N) is 1. The number of rotatable bonds is 4. The van der Waals surface area contributed by atoms with Crippen LogP contribution >= 0.6 is 0 Å². The zero-order valence-corrected chi connectivity index (χ0v) is 14.8. The van der Waals surface area contributed by atoms with Gasteiger partial charge in [-0.3, -0.25) is 4.79 Å². The molecule has 28 heavy (non-hydrogen) atoms. The van der Waals surface area contributed by atoms with Gasteiger partial charge in [-0.05, 0) is 37.3 Å². The van der Waals surface area contributed by atoms with Gasteiger partial charge in [0.05, 0.1) is 18.6 Å². The van der Waals surface area contributed by atoms with Gasteiger partial charge in [-0.15, -0.1) is 13.2 Å². The van der Waals surface area contributed by atoms with Gasteiger partial charge in [0.1, 0.15) is 11.6 Å². The molecule has 1 heterocycles. The number of ether oxygens (including phenoxy) is 3. The number of halogens is 4. The third-order valence-electron chi connectivity index (χ3n) is 4.16. The van der Waals surface area contributed by atoms with E-state index in [2.05, 4.69) is 10.1 Å². The van der Waals surface area contributed by atoms with Crippen molar-refractivity contribution in [3.05, 3.63) is 59.9 Å². The highest BCUT2D eigenvalue weighted by Crippen LogP contribution is 2.33. The van der Waals surface area contributed by atoms with Crippen molar-refractivity contribution in [3.8, 4) is 5.75 Å². The Morgan fingerprint density at radius 3 is 2.29 bits per heavy atom. The fraction of sp³-hybridized carbons (Fsp3) is 0.316. The molecule has 0 bridgehead atoms. The molecule has 0 radical (unpaired) electrons. The van der Waals surface area contributed by atoms with Crippen LogP contribution in [0.3, 0.4) is 0 Å². The summed E-state index contributed by atoms with van der Waals surface area (Å²) in [5, 5.41) is 2.60. The lowest BCUT2D eigenvalue weighted by Crippen LogP contribution is -2.45. The molecule has 5 nitrogen and oxygen atoms in total. The van der Waals surface area contributed by atoms with Gasteiger partial charge in [0.25, 0.3) is 0 Å². The van der Waals surface area contributed by atoms with Gasteiger partial charge < -0.3 is 19.5 Å². The Bertz CT molecular complexity index is 831. The van der Waals surface area contributed by atoms with E-state index in [1.165, 1.54) is 24.3 Å². The average Bonchev–Trinajstić information content (AvgIpc) is 2.63. The van der Waals surface area contributed by atoms with Gasteiger partial charge in [0, 0.05) is 11.3 Å². The fourth-order valence-corrected chi connectivity index (χ4v) is 2.61. The maximum absolute atomic E-state index is 13.8. The predicted molar refractivity (Wildman–Crippen MR) is 90.9 cm³/mol. The van der Waals surface area contributed by atoms with E-state index in [9.17, 15) is 22.4 Å². The molecule has 1 fully saturated rings. The molecule has 2 aromatic rings. The minimum Gasteiger partial charge on any atom is -0.406 e. The SMILES string of the molecule is CC1(C(=O)Nc2ccc(OC(F)(F)F)cc2)COC(c2ccccc2F)OC1. The first-order valence-corrected chi connectivity index (χ1v) is 8.31. The topological polar surface area (TPSA) is 56.8 Å². The Labute approximate surface area is 158 Å². The Morgan fingerprint density at radius 2 is 1.71 bits per heavy atom. The summed E-state index contributed by atoms with van der Waals surface area (Å²) in [5.74, 6) is -1.31. The first-order chi connectivity index (χ1) is 13.2. The number of carbonyl (C=O) groups excluding carboxylic acids is 1. The maximum atomic E-state index is 13.8. The monoisotopic (exact) mass is 399 g/mol. The first kappa shape index (κ1) is 20.1. The summed E-state index contributed by atoms with van der Waals surface area (Å²) < 4.78 is 65.2. The van der Waals surface area contributed by atoms with E-state index in [-0.39, 0.29) is 24.5 Å². The number of amides is 1. The Morgan fingerprint density at radius 1 is 1.11 bits per heavy atom. The molecule has 1 aliphatic heterocycles. The number of hydrogen-bond acceptors (Lipinski definition) is 4. The van der Waals surface area contributed by atoms with Crippen LogP contribution in [-0.4, -0.2) is 25.5 Å². The normalized spacial score (nSPS) is 22.5. The summed E-state index contributed by atoms with van der Waals surface area (Å²) >= 11 is 0. The highest BCUT2D eigenvalue weighted by molar-refractivity contribution is 5.95. The number of carbonyl (C=O) groups is 1. The standard InChI is InChI=1S/C19H17F4NO4/c1-18(10-26-16(27-11-18)14-4-2-3-5-15(14)20)17(25)24-12-6-8-13(9-7-12)28-19(21,22)23/h2-9,16H,10-11H2,1H3,(H,24,25).